The van der Waals surface area contributed by atoms with Crippen LogP contribution in [0.15, 0.2) is 6.07 Å². The molecule has 0 aliphatic carbocycles. The molecule has 1 aromatic rings. The van der Waals surface area contributed by atoms with E-state index >= 15 is 0 Å². The minimum atomic E-state index is -0.0432. The van der Waals surface area contributed by atoms with Crippen molar-refractivity contribution in [3.8, 4) is 0 Å². The average molecular weight is 291 g/mol. The molecule has 0 radical (unpaired) electrons. The number of hydrogen-bond donors (Lipinski definition) is 1. The van der Waals surface area contributed by atoms with Gasteiger partial charge in [0.1, 0.15) is 17.5 Å². The highest BCUT2D eigenvalue weighted by atomic mass is 15.3. The number of aromatic nitrogens is 2. The molecule has 1 aliphatic rings. The van der Waals surface area contributed by atoms with Gasteiger partial charge in [-0.25, -0.2) is 9.97 Å². The normalized spacial score (nSPS) is 20.7. The van der Waals surface area contributed by atoms with Gasteiger partial charge in [0.25, 0.3) is 0 Å². The fraction of sp³-hybridized carbons (Fsp3) is 0.750. The average Bonchev–Trinajstić information content (AvgIpc) is 2.45. The largest absolute Gasteiger partial charge is 0.373 e. The topological polar surface area (TPSA) is 44.3 Å². The van der Waals surface area contributed by atoms with Gasteiger partial charge in [0.2, 0.25) is 0 Å². The van der Waals surface area contributed by atoms with Crippen molar-refractivity contribution in [2.45, 2.75) is 46.1 Å². The third-order valence-electron chi connectivity index (χ3n) is 4.13. The summed E-state index contributed by atoms with van der Waals surface area (Å²) in [7, 11) is 1.91. The van der Waals surface area contributed by atoms with Gasteiger partial charge in [-0.3, -0.25) is 4.90 Å². The second-order valence-corrected chi connectivity index (χ2v) is 6.86. The molecule has 1 aliphatic heterocycles. The lowest BCUT2D eigenvalue weighted by Crippen LogP contribution is -2.52. The second kappa shape index (κ2) is 6.18. The molecule has 118 valence electrons. The number of nitrogens with one attached hydrogen (secondary N) is 1. The maximum atomic E-state index is 4.82. The van der Waals surface area contributed by atoms with Crippen LogP contribution in [0.25, 0.3) is 0 Å². The Labute approximate surface area is 128 Å². The summed E-state index contributed by atoms with van der Waals surface area (Å²) < 4.78 is 0. The Hall–Kier alpha value is -1.36. The summed E-state index contributed by atoms with van der Waals surface area (Å²) in [5.41, 5.74) is -0.0432. The zero-order valence-electron chi connectivity index (χ0n) is 14.3. The molecule has 1 aromatic heterocycles. The van der Waals surface area contributed by atoms with Gasteiger partial charge in [-0.05, 0) is 13.5 Å². The van der Waals surface area contributed by atoms with E-state index in [1.807, 2.05) is 7.05 Å². The quantitative estimate of drug-likeness (QED) is 0.926. The first-order valence-corrected chi connectivity index (χ1v) is 7.91. The van der Waals surface area contributed by atoms with Crippen LogP contribution in [0.1, 0.15) is 40.4 Å². The predicted octanol–water partition coefficient (Wildman–Crippen LogP) is 2.35. The first-order valence-electron chi connectivity index (χ1n) is 7.91. The van der Waals surface area contributed by atoms with Gasteiger partial charge in [-0.1, -0.05) is 27.7 Å². The Morgan fingerprint density at radius 2 is 2.00 bits per heavy atom. The Morgan fingerprint density at radius 3 is 2.52 bits per heavy atom. The van der Waals surface area contributed by atoms with Gasteiger partial charge in [0.05, 0.1) is 0 Å². The van der Waals surface area contributed by atoms with Crippen molar-refractivity contribution in [3.63, 3.8) is 0 Å². The molecule has 0 spiro atoms. The van der Waals surface area contributed by atoms with Crippen LogP contribution in [0.4, 0.5) is 11.6 Å². The first-order chi connectivity index (χ1) is 9.85. The van der Waals surface area contributed by atoms with Crippen molar-refractivity contribution < 1.29 is 0 Å². The summed E-state index contributed by atoms with van der Waals surface area (Å²) in [4.78, 5) is 14.3. The van der Waals surface area contributed by atoms with E-state index in [1.165, 1.54) is 0 Å². The van der Waals surface area contributed by atoms with Crippen molar-refractivity contribution in [3.05, 3.63) is 11.9 Å². The molecule has 2 heterocycles. The Morgan fingerprint density at radius 1 is 1.29 bits per heavy atom. The van der Waals surface area contributed by atoms with Crippen molar-refractivity contribution in [2.24, 2.45) is 0 Å². The molecule has 0 saturated carbocycles. The van der Waals surface area contributed by atoms with E-state index in [0.29, 0.717) is 6.04 Å². The fourth-order valence-electron chi connectivity index (χ4n) is 2.73. The van der Waals surface area contributed by atoms with E-state index in [9.17, 15) is 0 Å². The molecule has 1 atom stereocenters. The van der Waals surface area contributed by atoms with E-state index in [-0.39, 0.29) is 5.41 Å². The van der Waals surface area contributed by atoms with Crippen LogP contribution in [0.2, 0.25) is 0 Å². The number of nitrogens with zero attached hydrogens (tertiary/aromatic N) is 4. The van der Waals surface area contributed by atoms with Crippen molar-refractivity contribution >= 4 is 11.6 Å². The lowest BCUT2D eigenvalue weighted by molar-refractivity contribution is 0.199. The zero-order valence-corrected chi connectivity index (χ0v) is 14.3. The minimum Gasteiger partial charge on any atom is -0.373 e. The number of piperazine rings is 1. The maximum absolute atomic E-state index is 4.82. The Bertz CT molecular complexity index is 480. The summed E-state index contributed by atoms with van der Waals surface area (Å²) in [6.45, 7) is 15.3. The third kappa shape index (κ3) is 3.64. The minimum absolute atomic E-state index is 0.0432. The molecule has 1 unspecified atom stereocenters. The summed E-state index contributed by atoms with van der Waals surface area (Å²) >= 11 is 0. The monoisotopic (exact) mass is 291 g/mol. The molecular formula is C16H29N5. The Balaban J connectivity index is 2.27. The standard InChI is InChI=1S/C16H29N5/c1-7-20-8-9-21(11-12(20)2)14-10-13(17-6)18-15(19-14)16(3,4)5/h10,12H,7-9,11H2,1-6H3,(H,17,18,19). The van der Waals surface area contributed by atoms with Gasteiger partial charge in [0, 0.05) is 44.2 Å². The number of anilines is 2. The lowest BCUT2D eigenvalue weighted by Gasteiger charge is -2.40. The van der Waals surface area contributed by atoms with Gasteiger partial charge >= 0.3 is 0 Å². The van der Waals surface area contributed by atoms with E-state index in [2.05, 4.69) is 60.8 Å². The molecular weight excluding hydrogens is 262 g/mol. The van der Waals surface area contributed by atoms with Crippen molar-refractivity contribution in [1.29, 1.82) is 0 Å². The predicted molar refractivity (Wildman–Crippen MR) is 89.2 cm³/mol. The summed E-state index contributed by atoms with van der Waals surface area (Å²) in [5.74, 6) is 2.84. The van der Waals surface area contributed by atoms with E-state index < -0.39 is 0 Å². The number of likely N-dealkylation sites (N-methyl/N-ethyl adjacent to an activating group) is 1. The zero-order chi connectivity index (χ0) is 15.6. The highest BCUT2D eigenvalue weighted by Gasteiger charge is 2.25. The van der Waals surface area contributed by atoms with Crippen LogP contribution in [0, 0.1) is 0 Å². The molecule has 5 heteroatoms. The van der Waals surface area contributed by atoms with Crippen LogP contribution in [-0.2, 0) is 5.41 Å². The molecule has 0 bridgehead atoms. The third-order valence-corrected chi connectivity index (χ3v) is 4.13. The summed E-state index contributed by atoms with van der Waals surface area (Å²) in [5, 5.41) is 3.16. The van der Waals surface area contributed by atoms with Gasteiger partial charge in [-0.2, -0.15) is 0 Å². The van der Waals surface area contributed by atoms with Crippen LogP contribution in [0.5, 0.6) is 0 Å². The molecule has 1 saturated heterocycles. The molecule has 2 rings (SSSR count). The van der Waals surface area contributed by atoms with Gasteiger partial charge in [0.15, 0.2) is 0 Å². The van der Waals surface area contributed by atoms with Crippen LogP contribution in [0.3, 0.4) is 0 Å². The molecule has 0 aromatic carbocycles. The molecule has 21 heavy (non-hydrogen) atoms. The van der Waals surface area contributed by atoms with Crippen LogP contribution < -0.4 is 10.2 Å². The molecule has 0 amide bonds. The van der Waals surface area contributed by atoms with E-state index in [0.717, 1.165) is 43.6 Å². The highest BCUT2D eigenvalue weighted by molar-refractivity contribution is 5.50. The smallest absolute Gasteiger partial charge is 0.138 e. The molecule has 5 nitrogen and oxygen atoms in total. The molecule has 1 fully saturated rings. The highest BCUT2D eigenvalue weighted by Crippen LogP contribution is 2.25. The number of rotatable bonds is 3. The summed E-state index contributed by atoms with van der Waals surface area (Å²) in [6, 6.07) is 2.62. The second-order valence-electron chi connectivity index (χ2n) is 6.86. The van der Waals surface area contributed by atoms with Crippen molar-refractivity contribution in [1.82, 2.24) is 14.9 Å². The van der Waals surface area contributed by atoms with Gasteiger partial charge in [-0.15, -0.1) is 0 Å². The van der Waals surface area contributed by atoms with Crippen LogP contribution >= 0.6 is 0 Å². The first kappa shape index (κ1) is 16.0. The number of hydrogen-bond acceptors (Lipinski definition) is 5. The summed E-state index contributed by atoms with van der Waals surface area (Å²) in [6.07, 6.45) is 0. The Kier molecular flexibility index (Phi) is 4.71. The lowest BCUT2D eigenvalue weighted by atomic mass is 9.95. The van der Waals surface area contributed by atoms with Crippen LogP contribution in [-0.4, -0.2) is 54.1 Å². The molecule has 1 N–H and O–H groups in total. The SMILES string of the molecule is CCN1CCN(c2cc(NC)nc(C(C)(C)C)n2)CC1C. The van der Waals surface area contributed by atoms with E-state index in [4.69, 9.17) is 4.98 Å². The van der Waals surface area contributed by atoms with Gasteiger partial charge < -0.3 is 10.2 Å². The van der Waals surface area contributed by atoms with Crippen molar-refractivity contribution in [2.75, 3.05) is 43.4 Å². The fourth-order valence-corrected chi connectivity index (χ4v) is 2.73. The van der Waals surface area contributed by atoms with E-state index in [1.54, 1.807) is 0 Å². The maximum Gasteiger partial charge on any atom is 0.138 e.